The van der Waals surface area contributed by atoms with Crippen LogP contribution in [0.1, 0.15) is 12.8 Å². The number of likely N-dealkylation sites (tertiary alicyclic amines) is 1. The zero-order valence-electron chi connectivity index (χ0n) is 15.3. The van der Waals surface area contributed by atoms with Crippen molar-refractivity contribution >= 4 is 23.0 Å². The molecule has 0 saturated carbocycles. The molecular formula is C20H22ClN3O4. The van der Waals surface area contributed by atoms with E-state index in [0.717, 1.165) is 44.0 Å². The fourth-order valence-electron chi connectivity index (χ4n) is 3.78. The summed E-state index contributed by atoms with van der Waals surface area (Å²) in [7, 11) is 0. The van der Waals surface area contributed by atoms with Crippen molar-refractivity contribution in [3.05, 3.63) is 57.6 Å². The summed E-state index contributed by atoms with van der Waals surface area (Å²) in [6.45, 7) is 3.05. The summed E-state index contributed by atoms with van der Waals surface area (Å²) in [5.74, 6) is 1.56. The lowest BCUT2D eigenvalue weighted by atomic mass is 10.0. The van der Waals surface area contributed by atoms with Gasteiger partial charge in [-0.1, -0.05) is 23.7 Å². The molecular weight excluding hydrogens is 382 g/mol. The first-order chi connectivity index (χ1) is 13.6. The first kappa shape index (κ1) is 18.8. The number of hydrogen-bond donors (Lipinski definition) is 1. The molecule has 1 saturated heterocycles. The third kappa shape index (κ3) is 4.31. The monoisotopic (exact) mass is 403 g/mol. The van der Waals surface area contributed by atoms with E-state index in [2.05, 4.69) is 10.2 Å². The van der Waals surface area contributed by atoms with Crippen LogP contribution < -0.4 is 14.8 Å². The van der Waals surface area contributed by atoms with Crippen LogP contribution in [0.25, 0.3) is 0 Å². The van der Waals surface area contributed by atoms with Crippen LogP contribution in [0.2, 0.25) is 5.02 Å². The van der Waals surface area contributed by atoms with Crippen molar-refractivity contribution in [1.82, 2.24) is 4.90 Å². The molecule has 0 bridgehead atoms. The van der Waals surface area contributed by atoms with Gasteiger partial charge in [0.2, 0.25) is 0 Å². The Balaban J connectivity index is 1.37. The zero-order chi connectivity index (χ0) is 19.5. The van der Waals surface area contributed by atoms with E-state index in [0.29, 0.717) is 17.3 Å². The van der Waals surface area contributed by atoms with E-state index in [1.165, 1.54) is 6.07 Å². The molecule has 4 rings (SSSR count). The summed E-state index contributed by atoms with van der Waals surface area (Å²) in [5.41, 5.74) is 0.512. The number of piperidine rings is 1. The molecule has 0 amide bonds. The van der Waals surface area contributed by atoms with Gasteiger partial charge in [0.15, 0.2) is 11.5 Å². The zero-order valence-corrected chi connectivity index (χ0v) is 16.1. The highest BCUT2D eigenvalue weighted by atomic mass is 35.5. The van der Waals surface area contributed by atoms with E-state index in [1.54, 1.807) is 12.1 Å². The van der Waals surface area contributed by atoms with Gasteiger partial charge in [0, 0.05) is 30.2 Å². The topological polar surface area (TPSA) is 76.9 Å². The smallest absolute Gasteiger partial charge is 0.293 e. The summed E-state index contributed by atoms with van der Waals surface area (Å²) in [6, 6.07) is 12.5. The number of benzene rings is 2. The SMILES string of the molecule is O=[N+]([O-])c1cc(Cl)ccc1NC1CCCN(C[C@H]2COc3ccccc3O2)C1. The Bertz CT molecular complexity index is 863. The second-order valence-electron chi connectivity index (χ2n) is 7.16. The van der Waals surface area contributed by atoms with Gasteiger partial charge in [0.1, 0.15) is 18.4 Å². The minimum absolute atomic E-state index is 0.00486. The van der Waals surface area contributed by atoms with E-state index in [1.807, 2.05) is 24.3 Å². The molecule has 7 nitrogen and oxygen atoms in total. The number of nitro groups is 1. The van der Waals surface area contributed by atoms with Gasteiger partial charge in [-0.15, -0.1) is 0 Å². The Labute approximate surface area is 168 Å². The Morgan fingerprint density at radius 3 is 2.89 bits per heavy atom. The Morgan fingerprint density at radius 2 is 2.07 bits per heavy atom. The van der Waals surface area contributed by atoms with Crippen LogP contribution in [0.3, 0.4) is 0 Å². The summed E-state index contributed by atoms with van der Waals surface area (Å²) < 4.78 is 11.9. The van der Waals surface area contributed by atoms with E-state index >= 15 is 0 Å². The standard InChI is InChI=1S/C20H22ClN3O4/c21-14-7-8-17(18(10-14)24(25)26)22-15-4-3-9-23(11-15)12-16-13-27-19-5-1-2-6-20(19)28-16/h1-2,5-8,10,15-16,22H,3-4,9,11-13H2/t15?,16-/m0/s1. The van der Waals surface area contributed by atoms with E-state index in [-0.39, 0.29) is 17.8 Å². The van der Waals surface area contributed by atoms with Crippen LogP contribution >= 0.6 is 11.6 Å². The number of nitrogens with one attached hydrogen (secondary N) is 1. The van der Waals surface area contributed by atoms with Gasteiger partial charge < -0.3 is 14.8 Å². The Hall–Kier alpha value is -2.51. The first-order valence-electron chi connectivity index (χ1n) is 9.40. The first-order valence-corrected chi connectivity index (χ1v) is 9.77. The van der Waals surface area contributed by atoms with Crippen molar-refractivity contribution in [2.75, 3.05) is 31.6 Å². The van der Waals surface area contributed by atoms with Crippen LogP contribution in [0.4, 0.5) is 11.4 Å². The fraction of sp³-hybridized carbons (Fsp3) is 0.400. The maximum absolute atomic E-state index is 11.3. The maximum Gasteiger partial charge on any atom is 0.293 e. The molecule has 2 heterocycles. The highest BCUT2D eigenvalue weighted by Crippen LogP contribution is 2.32. The predicted octanol–water partition coefficient (Wildman–Crippen LogP) is 3.96. The van der Waals surface area contributed by atoms with Crippen LogP contribution in [-0.2, 0) is 0 Å². The van der Waals surface area contributed by atoms with E-state index in [4.69, 9.17) is 21.1 Å². The molecule has 0 aliphatic carbocycles. The van der Waals surface area contributed by atoms with Crippen molar-refractivity contribution < 1.29 is 14.4 Å². The van der Waals surface area contributed by atoms with Gasteiger partial charge in [0.05, 0.1) is 4.92 Å². The van der Waals surface area contributed by atoms with Crippen molar-refractivity contribution in [3.8, 4) is 11.5 Å². The Morgan fingerprint density at radius 1 is 1.25 bits per heavy atom. The molecule has 1 fully saturated rings. The molecule has 1 unspecified atom stereocenters. The molecule has 0 aromatic heterocycles. The van der Waals surface area contributed by atoms with Gasteiger partial charge in [-0.25, -0.2) is 0 Å². The third-order valence-corrected chi connectivity index (χ3v) is 5.29. The number of rotatable bonds is 5. The quantitative estimate of drug-likeness (QED) is 0.601. The molecule has 8 heteroatoms. The van der Waals surface area contributed by atoms with Crippen LogP contribution in [0.15, 0.2) is 42.5 Å². The van der Waals surface area contributed by atoms with Crippen molar-refractivity contribution in [2.24, 2.45) is 0 Å². The average molecular weight is 404 g/mol. The van der Waals surface area contributed by atoms with E-state index < -0.39 is 4.92 Å². The lowest BCUT2D eigenvalue weighted by Crippen LogP contribution is -2.48. The third-order valence-electron chi connectivity index (χ3n) is 5.05. The highest BCUT2D eigenvalue weighted by Gasteiger charge is 2.27. The minimum atomic E-state index is -0.403. The summed E-state index contributed by atoms with van der Waals surface area (Å²) in [6.07, 6.45) is 1.95. The van der Waals surface area contributed by atoms with E-state index in [9.17, 15) is 10.1 Å². The lowest BCUT2D eigenvalue weighted by molar-refractivity contribution is -0.384. The molecule has 2 aromatic carbocycles. The van der Waals surface area contributed by atoms with Crippen molar-refractivity contribution in [1.29, 1.82) is 0 Å². The fourth-order valence-corrected chi connectivity index (χ4v) is 3.94. The average Bonchev–Trinajstić information content (AvgIpc) is 2.69. The number of ether oxygens (including phenoxy) is 2. The molecule has 1 N–H and O–H groups in total. The number of nitrogens with zero attached hydrogens (tertiary/aromatic N) is 2. The summed E-state index contributed by atoms with van der Waals surface area (Å²) in [5, 5.41) is 15.0. The van der Waals surface area contributed by atoms with Crippen molar-refractivity contribution in [3.63, 3.8) is 0 Å². The highest BCUT2D eigenvalue weighted by molar-refractivity contribution is 6.30. The number of hydrogen-bond acceptors (Lipinski definition) is 6. The molecule has 0 radical (unpaired) electrons. The van der Waals surface area contributed by atoms with Gasteiger partial charge in [0.25, 0.3) is 5.69 Å². The number of fused-ring (bicyclic) bond motifs is 1. The predicted molar refractivity (Wildman–Crippen MR) is 108 cm³/mol. The van der Waals surface area contributed by atoms with Gasteiger partial charge in [-0.2, -0.15) is 0 Å². The molecule has 28 heavy (non-hydrogen) atoms. The molecule has 2 atom stereocenters. The largest absolute Gasteiger partial charge is 0.486 e. The normalized spacial score (nSPS) is 21.9. The number of anilines is 1. The number of nitro benzene ring substituents is 1. The van der Waals surface area contributed by atoms with Gasteiger partial charge >= 0.3 is 0 Å². The minimum Gasteiger partial charge on any atom is -0.486 e. The maximum atomic E-state index is 11.3. The molecule has 0 spiro atoms. The molecule has 148 valence electrons. The lowest BCUT2D eigenvalue weighted by Gasteiger charge is -2.36. The molecule has 2 aliphatic rings. The molecule has 2 aliphatic heterocycles. The number of halogens is 1. The van der Waals surface area contributed by atoms with Crippen LogP contribution in [0, 0.1) is 10.1 Å². The van der Waals surface area contributed by atoms with Crippen LogP contribution in [-0.4, -0.2) is 48.2 Å². The second kappa shape index (κ2) is 8.24. The van der Waals surface area contributed by atoms with Gasteiger partial charge in [-0.05, 0) is 43.7 Å². The second-order valence-corrected chi connectivity index (χ2v) is 7.60. The summed E-state index contributed by atoms with van der Waals surface area (Å²) >= 11 is 5.91. The molecule has 2 aromatic rings. The number of para-hydroxylation sites is 2. The van der Waals surface area contributed by atoms with Gasteiger partial charge in [-0.3, -0.25) is 15.0 Å². The van der Waals surface area contributed by atoms with Crippen molar-refractivity contribution in [2.45, 2.75) is 25.0 Å². The summed E-state index contributed by atoms with van der Waals surface area (Å²) in [4.78, 5) is 13.2. The van der Waals surface area contributed by atoms with Crippen LogP contribution in [0.5, 0.6) is 11.5 Å². The Kier molecular flexibility index (Phi) is 5.54.